The summed E-state index contributed by atoms with van der Waals surface area (Å²) in [6.07, 6.45) is 0.417. The molecule has 0 unspecified atom stereocenters. The van der Waals surface area contributed by atoms with Crippen LogP contribution in [-0.4, -0.2) is 17.9 Å². The van der Waals surface area contributed by atoms with Crippen molar-refractivity contribution in [3.63, 3.8) is 0 Å². The lowest BCUT2D eigenvalue weighted by atomic mass is 10.3. The molecule has 1 aromatic rings. The number of carbonyl (C=O) groups is 1. The minimum atomic E-state index is -0.0688. The maximum absolute atomic E-state index is 11.3. The predicted octanol–water partition coefficient (Wildman–Crippen LogP) is 2.89. The number of amides is 1. The van der Waals surface area contributed by atoms with Gasteiger partial charge in [0.2, 0.25) is 5.91 Å². The molecule has 0 bridgehead atoms. The number of halogens is 2. The minimum Gasteiger partial charge on any atom is -0.384 e. The Balaban J connectivity index is 3.09. The molecule has 1 amide bonds. The molecule has 15 heavy (non-hydrogen) atoms. The van der Waals surface area contributed by atoms with Crippen molar-refractivity contribution in [3.05, 3.63) is 15.8 Å². The molecule has 0 saturated carbocycles. The molecule has 0 fully saturated rings. The van der Waals surface area contributed by atoms with Crippen LogP contribution in [0.3, 0.4) is 0 Å². The lowest BCUT2D eigenvalue weighted by Crippen LogP contribution is -2.11. The minimum absolute atomic E-state index is 0.0688. The standard InChI is InChI=1S/C9H11BrClN3O/c1-3-7(15)13-5-4-6(10)14-9(11)8(5)12-2/h4,12H,3H2,1-2H3,(H,13,14,15). The van der Waals surface area contributed by atoms with E-state index in [1.54, 1.807) is 20.0 Å². The number of anilines is 2. The van der Waals surface area contributed by atoms with Crippen molar-refractivity contribution in [2.24, 2.45) is 0 Å². The number of aromatic nitrogens is 1. The summed E-state index contributed by atoms with van der Waals surface area (Å²) in [6, 6.07) is 1.70. The summed E-state index contributed by atoms with van der Waals surface area (Å²) in [6.45, 7) is 1.78. The predicted molar refractivity (Wildman–Crippen MR) is 65.4 cm³/mol. The molecule has 2 N–H and O–H groups in total. The molecule has 6 heteroatoms. The summed E-state index contributed by atoms with van der Waals surface area (Å²) >= 11 is 9.12. The molecule has 0 radical (unpaired) electrons. The van der Waals surface area contributed by atoms with Gasteiger partial charge in [0.1, 0.15) is 4.60 Å². The van der Waals surface area contributed by atoms with Gasteiger partial charge in [0.25, 0.3) is 0 Å². The number of rotatable bonds is 3. The highest BCUT2D eigenvalue weighted by atomic mass is 79.9. The normalized spacial score (nSPS) is 9.87. The van der Waals surface area contributed by atoms with E-state index in [0.29, 0.717) is 27.6 Å². The van der Waals surface area contributed by atoms with Crippen molar-refractivity contribution >= 4 is 44.8 Å². The van der Waals surface area contributed by atoms with Crippen LogP contribution < -0.4 is 10.6 Å². The second kappa shape index (κ2) is 5.32. The van der Waals surface area contributed by atoms with Crippen molar-refractivity contribution in [1.29, 1.82) is 0 Å². The smallest absolute Gasteiger partial charge is 0.224 e. The third kappa shape index (κ3) is 3.07. The quantitative estimate of drug-likeness (QED) is 0.842. The van der Waals surface area contributed by atoms with Crippen molar-refractivity contribution in [3.8, 4) is 0 Å². The zero-order valence-electron chi connectivity index (χ0n) is 8.40. The van der Waals surface area contributed by atoms with Crippen LogP contribution in [0.1, 0.15) is 13.3 Å². The highest BCUT2D eigenvalue weighted by Gasteiger charge is 2.10. The van der Waals surface area contributed by atoms with E-state index in [1.165, 1.54) is 0 Å². The average Bonchev–Trinajstić information content (AvgIpc) is 2.17. The van der Waals surface area contributed by atoms with Gasteiger partial charge in [-0.3, -0.25) is 4.79 Å². The largest absolute Gasteiger partial charge is 0.384 e. The van der Waals surface area contributed by atoms with Gasteiger partial charge in [0, 0.05) is 13.5 Å². The Morgan fingerprint density at radius 1 is 1.67 bits per heavy atom. The first-order valence-electron chi connectivity index (χ1n) is 4.42. The number of pyridine rings is 1. The van der Waals surface area contributed by atoms with Gasteiger partial charge >= 0.3 is 0 Å². The SMILES string of the molecule is CCC(=O)Nc1cc(Br)nc(Cl)c1NC. The number of hydrogen-bond acceptors (Lipinski definition) is 3. The van der Waals surface area contributed by atoms with E-state index in [9.17, 15) is 4.79 Å². The Morgan fingerprint density at radius 2 is 2.33 bits per heavy atom. The van der Waals surface area contributed by atoms with Crippen LogP contribution in [0.2, 0.25) is 5.15 Å². The molecule has 1 aromatic heterocycles. The van der Waals surface area contributed by atoms with E-state index in [0.717, 1.165) is 0 Å². The fourth-order valence-electron chi connectivity index (χ4n) is 1.06. The third-order valence-corrected chi connectivity index (χ3v) is 2.47. The van der Waals surface area contributed by atoms with E-state index in [-0.39, 0.29) is 5.91 Å². The maximum atomic E-state index is 11.3. The van der Waals surface area contributed by atoms with E-state index in [4.69, 9.17) is 11.6 Å². The summed E-state index contributed by atoms with van der Waals surface area (Å²) in [5, 5.41) is 5.95. The molecule has 82 valence electrons. The molecule has 0 aliphatic rings. The van der Waals surface area contributed by atoms with Gasteiger partial charge in [-0.1, -0.05) is 18.5 Å². The lowest BCUT2D eigenvalue weighted by Gasteiger charge is -2.11. The van der Waals surface area contributed by atoms with Gasteiger partial charge in [-0.25, -0.2) is 4.98 Å². The summed E-state index contributed by atoms with van der Waals surface area (Å²) in [4.78, 5) is 15.3. The second-order valence-electron chi connectivity index (χ2n) is 2.81. The zero-order valence-corrected chi connectivity index (χ0v) is 10.7. The van der Waals surface area contributed by atoms with Gasteiger partial charge in [-0.2, -0.15) is 0 Å². The van der Waals surface area contributed by atoms with E-state index < -0.39 is 0 Å². The Labute approximate surface area is 102 Å². The molecule has 0 saturated heterocycles. The van der Waals surface area contributed by atoms with Crippen LogP contribution >= 0.6 is 27.5 Å². The Kier molecular flexibility index (Phi) is 4.35. The number of carbonyl (C=O) groups excluding carboxylic acids is 1. The summed E-state index contributed by atoms with van der Waals surface area (Å²) in [5.74, 6) is -0.0688. The molecule has 0 aromatic carbocycles. The molecular formula is C9H11BrClN3O. The number of hydrogen-bond donors (Lipinski definition) is 2. The molecule has 0 atom stereocenters. The van der Waals surface area contributed by atoms with Crippen molar-refractivity contribution < 1.29 is 4.79 Å². The first-order chi connectivity index (χ1) is 7.08. The van der Waals surface area contributed by atoms with Gasteiger partial charge < -0.3 is 10.6 Å². The molecule has 0 aliphatic heterocycles. The maximum Gasteiger partial charge on any atom is 0.224 e. The van der Waals surface area contributed by atoms with Crippen LogP contribution in [0, 0.1) is 0 Å². The van der Waals surface area contributed by atoms with Crippen LogP contribution in [-0.2, 0) is 4.79 Å². The topological polar surface area (TPSA) is 54.0 Å². The fraction of sp³-hybridized carbons (Fsp3) is 0.333. The van der Waals surface area contributed by atoms with Gasteiger partial charge in [-0.05, 0) is 22.0 Å². The Hall–Kier alpha value is -0.810. The van der Waals surface area contributed by atoms with Gasteiger partial charge in [0.05, 0.1) is 11.4 Å². The Morgan fingerprint density at radius 3 is 2.87 bits per heavy atom. The van der Waals surface area contributed by atoms with E-state index in [2.05, 4.69) is 31.5 Å². The van der Waals surface area contributed by atoms with Crippen molar-refractivity contribution in [1.82, 2.24) is 4.98 Å². The number of nitrogens with zero attached hydrogens (tertiary/aromatic N) is 1. The molecule has 1 heterocycles. The lowest BCUT2D eigenvalue weighted by molar-refractivity contribution is -0.115. The van der Waals surface area contributed by atoms with Crippen molar-refractivity contribution in [2.75, 3.05) is 17.7 Å². The average molecular weight is 293 g/mol. The van der Waals surface area contributed by atoms with Gasteiger partial charge in [-0.15, -0.1) is 0 Å². The van der Waals surface area contributed by atoms with Gasteiger partial charge in [0.15, 0.2) is 5.15 Å². The van der Waals surface area contributed by atoms with Crippen LogP contribution in [0.5, 0.6) is 0 Å². The first-order valence-corrected chi connectivity index (χ1v) is 5.59. The van der Waals surface area contributed by atoms with Crippen LogP contribution in [0.4, 0.5) is 11.4 Å². The zero-order chi connectivity index (χ0) is 11.4. The molecular weight excluding hydrogens is 281 g/mol. The van der Waals surface area contributed by atoms with Crippen LogP contribution in [0.25, 0.3) is 0 Å². The van der Waals surface area contributed by atoms with Crippen molar-refractivity contribution in [2.45, 2.75) is 13.3 Å². The highest BCUT2D eigenvalue weighted by Crippen LogP contribution is 2.31. The van der Waals surface area contributed by atoms with E-state index in [1.807, 2.05) is 0 Å². The highest BCUT2D eigenvalue weighted by molar-refractivity contribution is 9.10. The fourth-order valence-corrected chi connectivity index (χ4v) is 1.86. The third-order valence-electron chi connectivity index (χ3n) is 1.79. The van der Waals surface area contributed by atoms with E-state index >= 15 is 0 Å². The summed E-state index contributed by atoms with van der Waals surface area (Å²) < 4.78 is 0.581. The Bertz CT molecular complexity index is 384. The molecule has 0 spiro atoms. The monoisotopic (exact) mass is 291 g/mol. The number of nitrogens with one attached hydrogen (secondary N) is 2. The molecule has 1 rings (SSSR count). The van der Waals surface area contributed by atoms with Crippen LogP contribution in [0.15, 0.2) is 10.7 Å². The molecule has 4 nitrogen and oxygen atoms in total. The first kappa shape index (κ1) is 12.3. The second-order valence-corrected chi connectivity index (χ2v) is 3.98. The summed E-state index contributed by atoms with van der Waals surface area (Å²) in [5.41, 5.74) is 1.23. The molecule has 0 aliphatic carbocycles. The summed E-state index contributed by atoms with van der Waals surface area (Å²) in [7, 11) is 1.72.